The van der Waals surface area contributed by atoms with Gasteiger partial charge in [-0.05, 0) is 30.1 Å². The van der Waals surface area contributed by atoms with E-state index in [0.717, 1.165) is 25.7 Å². The molecule has 0 aliphatic heterocycles. The van der Waals surface area contributed by atoms with Crippen LogP contribution in [0.5, 0.6) is 0 Å². The van der Waals surface area contributed by atoms with Crippen molar-refractivity contribution in [2.24, 2.45) is 10.8 Å². The Morgan fingerprint density at radius 3 is 1.79 bits per heavy atom. The van der Waals surface area contributed by atoms with Gasteiger partial charge in [0.25, 0.3) is 0 Å². The molecule has 0 amide bonds. The summed E-state index contributed by atoms with van der Waals surface area (Å²) in [6.07, 6.45) is 5.59. The van der Waals surface area contributed by atoms with Crippen molar-refractivity contribution in [3.05, 3.63) is 0 Å². The molecule has 14 heavy (non-hydrogen) atoms. The first-order valence-electron chi connectivity index (χ1n) is 5.99. The van der Waals surface area contributed by atoms with Crippen LogP contribution in [-0.2, 0) is 0 Å². The Hall–Kier alpha value is -0.0400. The molecule has 1 nitrogen and oxygen atoms in total. The lowest BCUT2D eigenvalue weighted by Gasteiger charge is -2.45. The summed E-state index contributed by atoms with van der Waals surface area (Å²) < 4.78 is 0. The van der Waals surface area contributed by atoms with Gasteiger partial charge in [-0.3, -0.25) is 0 Å². The minimum Gasteiger partial charge on any atom is -0.389 e. The molecule has 84 valence electrons. The normalized spacial score (nSPS) is 27.9. The predicted octanol–water partition coefficient (Wildman–Crippen LogP) is 3.75. The van der Waals surface area contributed by atoms with Gasteiger partial charge >= 0.3 is 0 Å². The van der Waals surface area contributed by atoms with Crippen molar-refractivity contribution < 1.29 is 5.11 Å². The minimum absolute atomic E-state index is 0.0890. The lowest BCUT2D eigenvalue weighted by atomic mass is 9.65. The summed E-state index contributed by atoms with van der Waals surface area (Å²) in [7, 11) is 0. The van der Waals surface area contributed by atoms with E-state index < -0.39 is 5.60 Å². The van der Waals surface area contributed by atoms with Gasteiger partial charge in [0.15, 0.2) is 0 Å². The number of unbranched alkanes of at least 4 members (excludes halogenated alkanes) is 1. The van der Waals surface area contributed by atoms with Gasteiger partial charge in [-0.25, -0.2) is 0 Å². The van der Waals surface area contributed by atoms with Crippen molar-refractivity contribution in [2.45, 2.75) is 72.3 Å². The zero-order valence-electron chi connectivity index (χ0n) is 10.5. The van der Waals surface area contributed by atoms with Crippen molar-refractivity contribution in [3.8, 4) is 0 Å². The molecule has 1 fully saturated rings. The van der Waals surface area contributed by atoms with Gasteiger partial charge in [0.05, 0.1) is 5.60 Å². The van der Waals surface area contributed by atoms with Crippen LogP contribution in [0.3, 0.4) is 0 Å². The van der Waals surface area contributed by atoms with Crippen LogP contribution in [0.2, 0.25) is 0 Å². The highest BCUT2D eigenvalue weighted by atomic mass is 16.3. The van der Waals surface area contributed by atoms with E-state index in [1.54, 1.807) is 0 Å². The second-order valence-electron chi connectivity index (χ2n) is 6.23. The molecule has 0 saturated heterocycles. The highest BCUT2D eigenvalue weighted by molar-refractivity contribution is 5.08. The molecule has 0 spiro atoms. The van der Waals surface area contributed by atoms with Gasteiger partial charge in [-0.1, -0.05) is 47.5 Å². The maximum Gasteiger partial charge on any atom is 0.0749 e. The van der Waals surface area contributed by atoms with Crippen molar-refractivity contribution in [3.63, 3.8) is 0 Å². The second-order valence-corrected chi connectivity index (χ2v) is 6.23. The van der Waals surface area contributed by atoms with E-state index in [2.05, 4.69) is 34.6 Å². The lowest BCUT2D eigenvalue weighted by molar-refractivity contribution is -0.116. The Kier molecular flexibility index (Phi) is 3.02. The van der Waals surface area contributed by atoms with Gasteiger partial charge in [0.1, 0.15) is 0 Å². The maximum absolute atomic E-state index is 10.9. The first-order chi connectivity index (χ1) is 6.27. The summed E-state index contributed by atoms with van der Waals surface area (Å²) in [5, 5.41) is 10.9. The highest BCUT2D eigenvalue weighted by Gasteiger charge is 2.57. The van der Waals surface area contributed by atoms with Gasteiger partial charge in [-0.15, -0.1) is 0 Å². The van der Waals surface area contributed by atoms with E-state index in [9.17, 15) is 5.11 Å². The second kappa shape index (κ2) is 3.52. The van der Waals surface area contributed by atoms with E-state index in [1.165, 1.54) is 6.42 Å². The van der Waals surface area contributed by atoms with Crippen LogP contribution in [0, 0.1) is 10.8 Å². The smallest absolute Gasteiger partial charge is 0.0749 e. The fourth-order valence-corrected chi connectivity index (χ4v) is 3.06. The third-order valence-corrected chi connectivity index (χ3v) is 4.51. The summed E-state index contributed by atoms with van der Waals surface area (Å²) in [5.74, 6) is 0. The molecule has 0 bridgehead atoms. The number of rotatable bonds is 3. The summed E-state index contributed by atoms with van der Waals surface area (Å²) in [6, 6.07) is 0. The average Bonchev–Trinajstić information content (AvgIpc) is 2.24. The predicted molar refractivity (Wildman–Crippen MR) is 61.3 cm³/mol. The van der Waals surface area contributed by atoms with Crippen molar-refractivity contribution in [2.75, 3.05) is 0 Å². The molecule has 0 aromatic heterocycles. The van der Waals surface area contributed by atoms with Crippen LogP contribution >= 0.6 is 0 Å². The fourth-order valence-electron chi connectivity index (χ4n) is 3.06. The third kappa shape index (κ3) is 1.60. The minimum atomic E-state index is -0.462. The number of hydrogen-bond donors (Lipinski definition) is 1. The molecule has 1 aliphatic carbocycles. The van der Waals surface area contributed by atoms with Gasteiger partial charge < -0.3 is 5.11 Å². The van der Waals surface area contributed by atoms with Crippen molar-refractivity contribution >= 4 is 0 Å². The van der Waals surface area contributed by atoms with Gasteiger partial charge in [0, 0.05) is 0 Å². The topological polar surface area (TPSA) is 20.2 Å². The van der Waals surface area contributed by atoms with Crippen molar-refractivity contribution in [1.29, 1.82) is 0 Å². The molecule has 1 saturated carbocycles. The van der Waals surface area contributed by atoms with E-state index in [-0.39, 0.29) is 10.8 Å². The van der Waals surface area contributed by atoms with E-state index in [4.69, 9.17) is 0 Å². The molecule has 0 atom stereocenters. The van der Waals surface area contributed by atoms with E-state index in [1.807, 2.05) is 0 Å². The monoisotopic (exact) mass is 198 g/mol. The first-order valence-corrected chi connectivity index (χ1v) is 5.99. The molecule has 1 rings (SSSR count). The zero-order chi connectivity index (χ0) is 11.0. The summed E-state index contributed by atoms with van der Waals surface area (Å²) >= 11 is 0. The third-order valence-electron chi connectivity index (χ3n) is 4.51. The van der Waals surface area contributed by atoms with Crippen LogP contribution in [0.4, 0.5) is 0 Å². The van der Waals surface area contributed by atoms with E-state index >= 15 is 0 Å². The van der Waals surface area contributed by atoms with Crippen LogP contribution in [0.1, 0.15) is 66.7 Å². The quantitative estimate of drug-likeness (QED) is 0.732. The molecular weight excluding hydrogens is 172 g/mol. The van der Waals surface area contributed by atoms with Crippen LogP contribution in [0.15, 0.2) is 0 Å². The standard InChI is InChI=1S/C13H26O/c1-6-7-8-13(14)11(2,3)9-10-12(13,4)5/h14H,6-10H2,1-5H3. The van der Waals surface area contributed by atoms with Crippen molar-refractivity contribution in [1.82, 2.24) is 0 Å². The first kappa shape index (κ1) is 12.0. The Labute approximate surface area is 88.9 Å². The molecule has 0 aromatic rings. The maximum atomic E-state index is 10.9. The van der Waals surface area contributed by atoms with Crippen LogP contribution in [0.25, 0.3) is 0 Å². The van der Waals surface area contributed by atoms with Gasteiger partial charge in [0.2, 0.25) is 0 Å². The molecule has 0 aromatic carbocycles. The molecule has 0 radical (unpaired) electrons. The Morgan fingerprint density at radius 1 is 1.00 bits per heavy atom. The summed E-state index contributed by atoms with van der Waals surface area (Å²) in [6.45, 7) is 11.1. The number of hydrogen-bond acceptors (Lipinski definition) is 1. The molecule has 1 aliphatic rings. The van der Waals surface area contributed by atoms with Crippen LogP contribution in [-0.4, -0.2) is 10.7 Å². The van der Waals surface area contributed by atoms with Gasteiger partial charge in [-0.2, -0.15) is 0 Å². The molecule has 1 N–H and O–H groups in total. The highest BCUT2D eigenvalue weighted by Crippen LogP contribution is 2.58. The summed E-state index contributed by atoms with van der Waals surface area (Å²) in [5.41, 5.74) is -0.284. The molecule has 1 heteroatoms. The Morgan fingerprint density at radius 2 is 1.43 bits per heavy atom. The number of aliphatic hydroxyl groups is 1. The zero-order valence-corrected chi connectivity index (χ0v) is 10.5. The SMILES string of the molecule is CCCCC1(O)C(C)(C)CCC1(C)C. The molecular formula is C13H26O. The largest absolute Gasteiger partial charge is 0.389 e. The molecule has 0 heterocycles. The fraction of sp³-hybridized carbons (Fsp3) is 1.00. The average molecular weight is 198 g/mol. The Bertz CT molecular complexity index is 187. The Balaban J connectivity index is 2.88. The van der Waals surface area contributed by atoms with Crippen LogP contribution < -0.4 is 0 Å². The van der Waals surface area contributed by atoms with E-state index in [0.29, 0.717) is 0 Å². The lowest BCUT2D eigenvalue weighted by Crippen LogP contribution is -2.49. The summed E-state index contributed by atoms with van der Waals surface area (Å²) in [4.78, 5) is 0. The molecule has 0 unspecified atom stereocenters.